The van der Waals surface area contributed by atoms with Crippen molar-refractivity contribution in [2.24, 2.45) is 21.7 Å². The van der Waals surface area contributed by atoms with Crippen molar-refractivity contribution in [2.75, 3.05) is 13.2 Å². The van der Waals surface area contributed by atoms with Crippen molar-refractivity contribution in [1.82, 2.24) is 0 Å². The summed E-state index contributed by atoms with van der Waals surface area (Å²) in [5.74, 6) is 0.0992. The number of ketones is 2. The molecule has 1 aromatic carbocycles. The number of hydrogen-bond acceptors (Lipinski definition) is 4. The Kier molecular flexibility index (Phi) is 10.8. The number of unbranched alkanes of at least 4 members (excludes halogenated alkanes) is 2. The van der Waals surface area contributed by atoms with E-state index >= 15 is 0 Å². The fraction of sp³-hybridized carbons (Fsp3) is 0.579. The van der Waals surface area contributed by atoms with E-state index in [2.05, 4.69) is 79.7 Å². The molecule has 2 aliphatic carbocycles. The van der Waals surface area contributed by atoms with E-state index < -0.39 is 0 Å². The Morgan fingerprint density at radius 3 is 1.29 bits per heavy atom. The normalized spacial score (nSPS) is 18.8. The third-order valence-electron chi connectivity index (χ3n) is 8.66. The highest BCUT2D eigenvalue weighted by Gasteiger charge is 2.33. The Labute approximate surface area is 254 Å². The van der Waals surface area contributed by atoms with Crippen LogP contribution < -0.4 is 0 Å². The van der Waals surface area contributed by atoms with Gasteiger partial charge in [0, 0.05) is 35.2 Å². The molecule has 0 unspecified atom stereocenters. The monoisotopic (exact) mass is 574 g/mol. The maximum absolute atomic E-state index is 13.9. The minimum Gasteiger partial charge on any atom is -0.396 e. The first-order valence-corrected chi connectivity index (χ1v) is 15.8. The lowest BCUT2D eigenvalue weighted by Crippen LogP contribution is -2.22. The van der Waals surface area contributed by atoms with Crippen LogP contribution in [0.5, 0.6) is 0 Å². The van der Waals surface area contributed by atoms with Crippen molar-refractivity contribution < 1.29 is 19.8 Å². The van der Waals surface area contributed by atoms with E-state index in [0.29, 0.717) is 24.0 Å². The lowest BCUT2D eigenvalue weighted by molar-refractivity contribution is -0.111. The van der Waals surface area contributed by atoms with Crippen molar-refractivity contribution in [2.45, 2.75) is 107 Å². The molecule has 0 radical (unpaired) electrons. The quantitative estimate of drug-likeness (QED) is 0.218. The molecule has 0 saturated carbocycles. The van der Waals surface area contributed by atoms with Gasteiger partial charge >= 0.3 is 0 Å². The van der Waals surface area contributed by atoms with Crippen LogP contribution in [0.3, 0.4) is 0 Å². The van der Waals surface area contributed by atoms with Crippen LogP contribution in [0.15, 0.2) is 59.7 Å². The van der Waals surface area contributed by atoms with Crippen LogP contribution in [0.2, 0.25) is 0 Å². The SMILES string of the molecule is CC1(C)C=C(CCCCC(C)(C)CO)C(=O)C(c2ccccc2C2=CC(C)(C)C=C(CCCCC(C)(C)CO)C2=O)=C1. The van der Waals surface area contributed by atoms with E-state index in [9.17, 15) is 19.8 Å². The zero-order valence-corrected chi connectivity index (χ0v) is 27.4. The number of carbonyl (C=O) groups excluding carboxylic acids is 2. The van der Waals surface area contributed by atoms with Crippen LogP contribution in [-0.2, 0) is 9.59 Å². The van der Waals surface area contributed by atoms with Crippen molar-refractivity contribution in [1.29, 1.82) is 0 Å². The Morgan fingerprint density at radius 1 is 0.595 bits per heavy atom. The summed E-state index contributed by atoms with van der Waals surface area (Å²) < 4.78 is 0. The number of carbonyl (C=O) groups is 2. The zero-order chi connectivity index (χ0) is 31.3. The Morgan fingerprint density at radius 2 is 0.952 bits per heavy atom. The van der Waals surface area contributed by atoms with Gasteiger partial charge in [0.05, 0.1) is 0 Å². The van der Waals surface area contributed by atoms with Gasteiger partial charge < -0.3 is 10.2 Å². The van der Waals surface area contributed by atoms with E-state index in [1.54, 1.807) is 0 Å². The van der Waals surface area contributed by atoms with Crippen molar-refractivity contribution in [3.8, 4) is 0 Å². The molecule has 0 fully saturated rings. The summed E-state index contributed by atoms with van der Waals surface area (Å²) in [4.78, 5) is 27.9. The molecule has 4 heteroatoms. The topological polar surface area (TPSA) is 74.6 Å². The number of hydrogen-bond donors (Lipinski definition) is 2. The first-order chi connectivity index (χ1) is 19.5. The fourth-order valence-corrected chi connectivity index (χ4v) is 6.05. The molecule has 0 aliphatic heterocycles. The molecule has 0 spiro atoms. The molecule has 0 amide bonds. The fourth-order valence-electron chi connectivity index (χ4n) is 6.05. The molecular weight excluding hydrogens is 520 g/mol. The molecule has 2 N–H and O–H groups in total. The van der Waals surface area contributed by atoms with E-state index in [-0.39, 0.29) is 46.4 Å². The van der Waals surface area contributed by atoms with Gasteiger partial charge in [0.15, 0.2) is 11.6 Å². The summed E-state index contributed by atoms with van der Waals surface area (Å²) >= 11 is 0. The molecule has 3 rings (SSSR count). The largest absolute Gasteiger partial charge is 0.396 e. The molecule has 4 nitrogen and oxygen atoms in total. The Hall–Kier alpha value is -2.56. The summed E-state index contributed by atoms with van der Waals surface area (Å²) in [5.41, 5.74) is 3.90. The number of Topliss-reactive ketones (excluding diaryl/α,β-unsaturated/α-hetero) is 2. The average molecular weight is 575 g/mol. The second kappa shape index (κ2) is 13.4. The van der Waals surface area contributed by atoms with Crippen molar-refractivity contribution >= 4 is 22.7 Å². The average Bonchev–Trinajstić information content (AvgIpc) is 2.92. The van der Waals surface area contributed by atoms with Crippen molar-refractivity contribution in [3.63, 3.8) is 0 Å². The smallest absolute Gasteiger partial charge is 0.189 e. The molecular formula is C38H54O4. The molecule has 0 atom stereocenters. The second-order valence-corrected chi connectivity index (χ2v) is 15.4. The molecule has 0 aromatic heterocycles. The van der Waals surface area contributed by atoms with Gasteiger partial charge in [0.25, 0.3) is 0 Å². The first-order valence-electron chi connectivity index (χ1n) is 15.8. The Bertz CT molecular complexity index is 1180. The van der Waals surface area contributed by atoms with Gasteiger partial charge in [0.2, 0.25) is 0 Å². The molecule has 0 saturated heterocycles. The van der Waals surface area contributed by atoms with Gasteiger partial charge in [-0.1, -0.05) is 117 Å². The molecule has 2 aliphatic rings. The minimum absolute atomic E-state index is 0.0496. The van der Waals surface area contributed by atoms with Crippen LogP contribution in [-0.4, -0.2) is 35.0 Å². The zero-order valence-electron chi connectivity index (χ0n) is 27.4. The first kappa shape index (κ1) is 33.9. The van der Waals surface area contributed by atoms with Crippen LogP contribution in [0.1, 0.15) is 118 Å². The minimum atomic E-state index is -0.284. The van der Waals surface area contributed by atoms with E-state index in [1.165, 1.54) is 0 Å². The maximum Gasteiger partial charge on any atom is 0.189 e. The van der Waals surface area contributed by atoms with Crippen molar-refractivity contribution in [3.05, 3.63) is 70.8 Å². The van der Waals surface area contributed by atoms with Gasteiger partial charge in [-0.3, -0.25) is 9.59 Å². The van der Waals surface area contributed by atoms with Gasteiger partial charge in [-0.15, -0.1) is 0 Å². The summed E-state index contributed by atoms with van der Waals surface area (Å²) in [5, 5.41) is 19.2. The van der Waals surface area contributed by atoms with Crippen LogP contribution in [0, 0.1) is 21.7 Å². The summed E-state index contributed by atoms with van der Waals surface area (Å²) in [6.07, 6.45) is 15.3. The van der Waals surface area contributed by atoms with E-state index in [4.69, 9.17) is 0 Å². The predicted molar refractivity (Wildman–Crippen MR) is 175 cm³/mol. The molecule has 1 aromatic rings. The molecule has 230 valence electrons. The van der Waals surface area contributed by atoms with Crippen LogP contribution in [0.25, 0.3) is 11.1 Å². The number of allylic oxidation sites excluding steroid dienone is 8. The number of aliphatic hydroxyl groups excluding tert-OH is 2. The second-order valence-electron chi connectivity index (χ2n) is 15.4. The highest BCUT2D eigenvalue weighted by atomic mass is 16.3. The summed E-state index contributed by atoms with van der Waals surface area (Å²) in [7, 11) is 0. The highest BCUT2D eigenvalue weighted by Crippen LogP contribution is 2.42. The number of benzene rings is 1. The third kappa shape index (κ3) is 8.97. The number of rotatable bonds is 14. The summed E-state index contributed by atoms with van der Waals surface area (Å²) in [6, 6.07) is 7.87. The lowest BCUT2D eigenvalue weighted by Gasteiger charge is -2.29. The van der Waals surface area contributed by atoms with Gasteiger partial charge in [-0.05, 0) is 71.6 Å². The molecule has 42 heavy (non-hydrogen) atoms. The van der Waals surface area contributed by atoms with Gasteiger partial charge in [0.1, 0.15) is 0 Å². The predicted octanol–water partition coefficient (Wildman–Crippen LogP) is 8.68. The Balaban J connectivity index is 1.85. The molecule has 0 bridgehead atoms. The van der Waals surface area contributed by atoms with E-state index in [1.807, 2.05) is 24.3 Å². The standard InChI is InChI=1S/C38H54O4/c1-35(2,25-39)19-13-11-15-27-21-37(5,6)23-31(33(27)41)29-17-9-10-18-30(29)32-24-38(7,8)22-28(34(32)42)16-12-14-20-36(3,4)26-40/h9-10,17-18,21-24,39-40H,11-16,19-20,25-26H2,1-8H3. The lowest BCUT2D eigenvalue weighted by atomic mass is 9.73. The maximum atomic E-state index is 13.9. The third-order valence-corrected chi connectivity index (χ3v) is 8.66. The van der Waals surface area contributed by atoms with Crippen LogP contribution >= 0.6 is 0 Å². The van der Waals surface area contributed by atoms with Crippen LogP contribution in [0.4, 0.5) is 0 Å². The summed E-state index contributed by atoms with van der Waals surface area (Å²) in [6.45, 7) is 17.1. The highest BCUT2D eigenvalue weighted by molar-refractivity contribution is 6.34. The van der Waals surface area contributed by atoms with Gasteiger partial charge in [-0.25, -0.2) is 0 Å². The van der Waals surface area contributed by atoms with Gasteiger partial charge in [-0.2, -0.15) is 0 Å². The number of aliphatic hydroxyl groups is 2. The molecule has 0 heterocycles. The van der Waals surface area contributed by atoms with E-state index in [0.717, 1.165) is 60.8 Å².